The molecule has 0 saturated heterocycles. The third kappa shape index (κ3) is 4.42. The normalized spacial score (nSPS) is 17.9. The molecule has 26 heavy (non-hydrogen) atoms. The zero-order valence-electron chi connectivity index (χ0n) is 15.0. The van der Waals surface area contributed by atoms with Crippen molar-refractivity contribution in [2.45, 2.75) is 26.7 Å². The van der Waals surface area contributed by atoms with Crippen LogP contribution in [0.2, 0.25) is 0 Å². The Balaban J connectivity index is 1.97. The Morgan fingerprint density at radius 1 is 1.42 bits per heavy atom. The molecule has 0 amide bonds. The number of aryl methyl sites for hydroxylation is 1. The van der Waals surface area contributed by atoms with Crippen LogP contribution in [0.1, 0.15) is 31.0 Å². The molecule has 1 aliphatic rings. The molecule has 6 heteroatoms. The maximum atomic E-state index is 4.65. The summed E-state index contributed by atoms with van der Waals surface area (Å²) in [7, 11) is 0. The van der Waals surface area contributed by atoms with E-state index in [0.29, 0.717) is 18.1 Å². The van der Waals surface area contributed by atoms with Crippen molar-refractivity contribution in [2.75, 3.05) is 0 Å². The summed E-state index contributed by atoms with van der Waals surface area (Å²) in [6, 6.07) is 5.75. The van der Waals surface area contributed by atoms with E-state index in [-0.39, 0.29) is 0 Å². The highest BCUT2D eigenvalue weighted by Crippen LogP contribution is 2.17. The van der Waals surface area contributed by atoms with Gasteiger partial charge < -0.3 is 5.32 Å². The van der Waals surface area contributed by atoms with Crippen LogP contribution in [0, 0.1) is 6.92 Å². The molecule has 2 aromatic rings. The summed E-state index contributed by atoms with van der Waals surface area (Å²) in [4.78, 5) is 13.4. The van der Waals surface area contributed by atoms with Crippen molar-refractivity contribution < 1.29 is 0 Å². The van der Waals surface area contributed by atoms with E-state index in [0.717, 1.165) is 29.2 Å². The zero-order chi connectivity index (χ0) is 18.4. The predicted octanol–water partition coefficient (Wildman–Crippen LogP) is 3.99. The molecule has 2 aromatic heterocycles. The van der Waals surface area contributed by atoms with Crippen LogP contribution in [0.3, 0.4) is 0 Å². The quantitative estimate of drug-likeness (QED) is 0.804. The number of aliphatic imine (C=N–C) groups is 2. The van der Waals surface area contributed by atoms with Crippen molar-refractivity contribution in [3.05, 3.63) is 77.9 Å². The van der Waals surface area contributed by atoms with E-state index in [1.54, 1.807) is 12.4 Å². The number of hydrogen-bond acceptors (Lipinski definition) is 4. The first-order valence-electron chi connectivity index (χ1n) is 8.55. The molecule has 1 aliphatic heterocycles. The monoisotopic (exact) mass is 346 g/mol. The number of H-pyrrole nitrogens is 1. The average Bonchev–Trinajstić information content (AvgIpc) is 3.08. The topological polar surface area (TPSA) is 78.3 Å². The fraction of sp³-hybridized carbons (Fsp3) is 0.200. The van der Waals surface area contributed by atoms with E-state index >= 15 is 0 Å². The molecule has 0 atom stereocenters. The first-order chi connectivity index (χ1) is 12.7. The molecule has 0 fully saturated rings. The molecule has 0 aliphatic carbocycles. The van der Waals surface area contributed by atoms with Gasteiger partial charge in [0.1, 0.15) is 11.7 Å². The molecular formula is C20H22N6. The van der Waals surface area contributed by atoms with Gasteiger partial charge in [0.05, 0.1) is 0 Å². The lowest BCUT2D eigenvalue weighted by molar-refractivity contribution is 1.00. The van der Waals surface area contributed by atoms with Gasteiger partial charge in [-0.25, -0.2) is 9.98 Å². The van der Waals surface area contributed by atoms with Crippen LogP contribution in [0.25, 0.3) is 0 Å². The van der Waals surface area contributed by atoms with Crippen LogP contribution >= 0.6 is 0 Å². The molecule has 0 spiro atoms. The summed E-state index contributed by atoms with van der Waals surface area (Å²) in [5.74, 6) is 2.06. The Hall–Kier alpha value is -3.28. The molecule has 3 rings (SSSR count). The summed E-state index contributed by atoms with van der Waals surface area (Å²) >= 11 is 0. The Morgan fingerprint density at radius 2 is 2.31 bits per heavy atom. The van der Waals surface area contributed by atoms with E-state index < -0.39 is 0 Å². The maximum absolute atomic E-state index is 4.65. The smallest absolute Gasteiger partial charge is 0.175 e. The number of nitrogens with zero attached hydrogens (tertiary/aromatic N) is 4. The summed E-state index contributed by atoms with van der Waals surface area (Å²) in [6.07, 6.45) is 11.0. The Labute approximate surface area is 153 Å². The molecule has 2 N–H and O–H groups in total. The minimum absolute atomic E-state index is 0.598. The fourth-order valence-corrected chi connectivity index (χ4v) is 2.50. The summed E-state index contributed by atoms with van der Waals surface area (Å²) in [6.45, 7) is 7.90. The van der Waals surface area contributed by atoms with Gasteiger partial charge in [0.25, 0.3) is 0 Å². The lowest BCUT2D eigenvalue weighted by Gasteiger charge is -2.18. The second-order valence-electron chi connectivity index (χ2n) is 5.93. The van der Waals surface area contributed by atoms with E-state index in [1.165, 1.54) is 5.57 Å². The van der Waals surface area contributed by atoms with Crippen molar-refractivity contribution in [1.82, 2.24) is 20.5 Å². The molecule has 3 heterocycles. The number of aromatic nitrogens is 3. The molecular weight excluding hydrogens is 324 g/mol. The van der Waals surface area contributed by atoms with E-state index in [2.05, 4.69) is 56.1 Å². The van der Waals surface area contributed by atoms with Crippen molar-refractivity contribution in [3.8, 4) is 0 Å². The first-order valence-corrected chi connectivity index (χ1v) is 8.55. The second kappa shape index (κ2) is 8.20. The van der Waals surface area contributed by atoms with Crippen molar-refractivity contribution in [3.63, 3.8) is 0 Å². The highest BCUT2D eigenvalue weighted by atomic mass is 15.2. The van der Waals surface area contributed by atoms with Gasteiger partial charge in [0.15, 0.2) is 5.82 Å². The van der Waals surface area contributed by atoms with Crippen molar-refractivity contribution >= 4 is 17.5 Å². The van der Waals surface area contributed by atoms with Gasteiger partial charge in [-0.15, -0.1) is 0 Å². The Morgan fingerprint density at radius 3 is 2.96 bits per heavy atom. The molecule has 0 saturated carbocycles. The van der Waals surface area contributed by atoms with Gasteiger partial charge in [0, 0.05) is 41.8 Å². The summed E-state index contributed by atoms with van der Waals surface area (Å²) in [5, 5.41) is 10.5. The van der Waals surface area contributed by atoms with Gasteiger partial charge in [-0.05, 0) is 37.1 Å². The third-order valence-corrected chi connectivity index (χ3v) is 3.91. The van der Waals surface area contributed by atoms with E-state index in [9.17, 15) is 0 Å². The third-order valence-electron chi connectivity index (χ3n) is 3.91. The Kier molecular flexibility index (Phi) is 5.53. The van der Waals surface area contributed by atoms with Crippen LogP contribution in [0.15, 0.2) is 76.7 Å². The zero-order valence-corrected chi connectivity index (χ0v) is 15.0. The fourth-order valence-electron chi connectivity index (χ4n) is 2.50. The Bertz CT molecular complexity index is 899. The van der Waals surface area contributed by atoms with Gasteiger partial charge >= 0.3 is 0 Å². The number of allylic oxidation sites excluding steroid dienone is 4. The number of aromatic amines is 1. The SMILES string of the molecule is C=C/C(=C\C=C1/CC(=Nc2cc(C)[nH]n2)N=C(c2cccnc2)N1)CC. The van der Waals surface area contributed by atoms with Crippen LogP contribution in [-0.4, -0.2) is 26.9 Å². The first kappa shape index (κ1) is 17.5. The summed E-state index contributed by atoms with van der Waals surface area (Å²) < 4.78 is 0. The van der Waals surface area contributed by atoms with Crippen LogP contribution in [0.5, 0.6) is 0 Å². The van der Waals surface area contributed by atoms with Gasteiger partial charge in [-0.2, -0.15) is 5.10 Å². The highest BCUT2D eigenvalue weighted by Gasteiger charge is 2.16. The number of amidine groups is 2. The molecule has 0 aromatic carbocycles. The van der Waals surface area contributed by atoms with Crippen molar-refractivity contribution in [2.24, 2.45) is 9.98 Å². The lowest BCUT2D eigenvalue weighted by atomic mass is 10.1. The molecule has 6 nitrogen and oxygen atoms in total. The van der Waals surface area contributed by atoms with Gasteiger partial charge in [-0.1, -0.05) is 25.7 Å². The standard InChI is InChI=1S/C20H22N6/c1-4-15(5-2)8-9-17-12-18(23-19-11-14(3)25-26-19)24-20(22-17)16-7-6-10-21-13-16/h4,6-11,13H,1,5,12H2,2-3H3,(H2,22,23,24,25,26)/b15-8+,17-9+. The van der Waals surface area contributed by atoms with Crippen LogP contribution < -0.4 is 5.32 Å². The largest absolute Gasteiger partial charge is 0.343 e. The lowest BCUT2D eigenvalue weighted by Crippen LogP contribution is -2.30. The number of nitrogens with one attached hydrogen (secondary N) is 2. The average molecular weight is 346 g/mol. The van der Waals surface area contributed by atoms with Crippen LogP contribution in [0.4, 0.5) is 5.82 Å². The second-order valence-corrected chi connectivity index (χ2v) is 5.93. The van der Waals surface area contributed by atoms with Crippen molar-refractivity contribution in [1.29, 1.82) is 0 Å². The van der Waals surface area contributed by atoms with E-state index in [1.807, 2.05) is 31.2 Å². The predicted molar refractivity (Wildman–Crippen MR) is 106 cm³/mol. The minimum Gasteiger partial charge on any atom is -0.343 e. The molecule has 132 valence electrons. The highest BCUT2D eigenvalue weighted by molar-refractivity contribution is 6.10. The minimum atomic E-state index is 0.598. The molecule has 0 unspecified atom stereocenters. The molecule has 0 bridgehead atoms. The molecule has 0 radical (unpaired) electrons. The number of pyridine rings is 1. The summed E-state index contributed by atoms with van der Waals surface area (Å²) in [5.41, 5.74) is 4.06. The van der Waals surface area contributed by atoms with E-state index in [4.69, 9.17) is 0 Å². The number of hydrogen-bond donors (Lipinski definition) is 2. The maximum Gasteiger partial charge on any atom is 0.175 e. The van der Waals surface area contributed by atoms with Gasteiger partial charge in [-0.3, -0.25) is 10.1 Å². The number of rotatable bonds is 5. The van der Waals surface area contributed by atoms with Gasteiger partial charge in [0.2, 0.25) is 0 Å². The van der Waals surface area contributed by atoms with Crippen LogP contribution in [-0.2, 0) is 0 Å².